The van der Waals surface area contributed by atoms with Crippen LogP contribution in [0.15, 0.2) is 24.3 Å². The molecule has 1 fully saturated rings. The molecule has 0 amide bonds. The zero-order chi connectivity index (χ0) is 17.2. The van der Waals surface area contributed by atoms with Gasteiger partial charge in [-0.05, 0) is 44.2 Å². The molecule has 1 aromatic carbocycles. The predicted octanol–water partition coefficient (Wildman–Crippen LogP) is 4.40. The van der Waals surface area contributed by atoms with Crippen molar-refractivity contribution in [1.29, 1.82) is 0 Å². The maximum atomic E-state index is 4.93. The fraction of sp³-hybridized carbons (Fsp3) is 0.524. The summed E-state index contributed by atoms with van der Waals surface area (Å²) in [5, 5.41) is 3.60. The summed E-state index contributed by atoms with van der Waals surface area (Å²) < 4.78 is 0. The van der Waals surface area contributed by atoms with Crippen LogP contribution in [0, 0.1) is 13.8 Å². The number of fused-ring (bicyclic) bond motifs is 1. The second-order valence-electron chi connectivity index (χ2n) is 7.50. The first-order valence-electron chi connectivity index (χ1n) is 9.64. The van der Waals surface area contributed by atoms with Crippen molar-refractivity contribution in [3.05, 3.63) is 46.6 Å². The summed E-state index contributed by atoms with van der Waals surface area (Å²) in [4.78, 5) is 12.1. The Balaban J connectivity index is 1.58. The topological polar surface area (TPSA) is 41.1 Å². The van der Waals surface area contributed by atoms with Crippen LogP contribution in [0.3, 0.4) is 0 Å². The number of aryl methyl sites for hydroxylation is 1. The molecule has 0 unspecified atom stereocenters. The third-order valence-electron chi connectivity index (χ3n) is 5.73. The van der Waals surface area contributed by atoms with E-state index in [1.807, 2.05) is 0 Å². The summed E-state index contributed by atoms with van der Waals surface area (Å²) in [7, 11) is 0. The van der Waals surface area contributed by atoms with Crippen LogP contribution in [0.4, 0.5) is 11.8 Å². The zero-order valence-corrected chi connectivity index (χ0v) is 15.4. The van der Waals surface area contributed by atoms with Gasteiger partial charge in [-0.1, -0.05) is 43.5 Å². The number of hydrogen-bond acceptors (Lipinski definition) is 4. The van der Waals surface area contributed by atoms with Gasteiger partial charge in [0.05, 0.1) is 0 Å². The van der Waals surface area contributed by atoms with Gasteiger partial charge in [0.1, 0.15) is 5.82 Å². The number of nitrogens with one attached hydrogen (secondary N) is 1. The predicted molar refractivity (Wildman–Crippen MR) is 103 cm³/mol. The molecule has 1 saturated carbocycles. The van der Waals surface area contributed by atoms with E-state index >= 15 is 0 Å². The minimum Gasteiger partial charge on any atom is -0.352 e. The SMILES string of the molecule is Cc1nc(NC2CCCCC2)nc(N2CCc3ccccc3C2)c1C. The van der Waals surface area contributed by atoms with E-state index in [1.54, 1.807) is 0 Å². The van der Waals surface area contributed by atoms with Crippen LogP contribution in [0.1, 0.15) is 54.5 Å². The Morgan fingerprint density at radius 3 is 2.56 bits per heavy atom. The van der Waals surface area contributed by atoms with Crippen LogP contribution >= 0.6 is 0 Å². The van der Waals surface area contributed by atoms with Gasteiger partial charge in [0, 0.05) is 30.4 Å². The molecule has 1 aliphatic carbocycles. The highest BCUT2D eigenvalue weighted by molar-refractivity contribution is 5.54. The summed E-state index contributed by atoms with van der Waals surface area (Å²) in [6, 6.07) is 9.30. The van der Waals surface area contributed by atoms with Gasteiger partial charge in [0.15, 0.2) is 0 Å². The number of aromatic nitrogens is 2. The van der Waals surface area contributed by atoms with Crippen LogP contribution in [0.5, 0.6) is 0 Å². The van der Waals surface area contributed by atoms with Crippen molar-refractivity contribution in [2.45, 2.75) is 65.0 Å². The number of nitrogens with zero attached hydrogens (tertiary/aromatic N) is 3. The molecule has 1 aromatic heterocycles. The first-order chi connectivity index (χ1) is 12.2. The molecule has 1 aliphatic heterocycles. The van der Waals surface area contributed by atoms with Crippen molar-refractivity contribution in [3.8, 4) is 0 Å². The van der Waals surface area contributed by atoms with Gasteiger partial charge in [0.25, 0.3) is 0 Å². The number of rotatable bonds is 3. The molecule has 25 heavy (non-hydrogen) atoms. The van der Waals surface area contributed by atoms with Gasteiger partial charge >= 0.3 is 0 Å². The maximum Gasteiger partial charge on any atom is 0.225 e. The lowest BCUT2D eigenvalue weighted by molar-refractivity contribution is 0.460. The second-order valence-corrected chi connectivity index (χ2v) is 7.50. The summed E-state index contributed by atoms with van der Waals surface area (Å²) in [5.41, 5.74) is 5.18. The Morgan fingerprint density at radius 1 is 1.00 bits per heavy atom. The molecule has 0 atom stereocenters. The van der Waals surface area contributed by atoms with E-state index in [0.717, 1.165) is 37.0 Å². The summed E-state index contributed by atoms with van der Waals surface area (Å²) in [5.74, 6) is 1.91. The van der Waals surface area contributed by atoms with E-state index < -0.39 is 0 Å². The highest BCUT2D eigenvalue weighted by Crippen LogP contribution is 2.28. The van der Waals surface area contributed by atoms with E-state index in [4.69, 9.17) is 9.97 Å². The Kier molecular flexibility index (Phi) is 4.60. The van der Waals surface area contributed by atoms with Crippen molar-refractivity contribution in [2.24, 2.45) is 0 Å². The van der Waals surface area contributed by atoms with E-state index in [2.05, 4.69) is 48.3 Å². The van der Waals surface area contributed by atoms with Crippen LogP contribution in [0.2, 0.25) is 0 Å². The summed E-state index contributed by atoms with van der Waals surface area (Å²) in [6.07, 6.45) is 7.57. The van der Waals surface area contributed by atoms with Gasteiger partial charge in [-0.3, -0.25) is 0 Å². The maximum absolute atomic E-state index is 4.93. The zero-order valence-electron chi connectivity index (χ0n) is 15.4. The lowest BCUT2D eigenvalue weighted by Crippen LogP contribution is -2.32. The molecule has 0 bridgehead atoms. The standard InChI is InChI=1S/C21H28N4/c1-15-16(2)22-21(23-19-10-4-3-5-11-19)24-20(15)25-13-12-17-8-6-7-9-18(17)14-25/h6-9,19H,3-5,10-14H2,1-2H3,(H,22,23,24). The Bertz CT molecular complexity index is 750. The molecule has 0 radical (unpaired) electrons. The fourth-order valence-corrected chi connectivity index (χ4v) is 4.09. The average Bonchev–Trinajstić information content (AvgIpc) is 2.65. The third kappa shape index (κ3) is 3.48. The molecule has 0 spiro atoms. The van der Waals surface area contributed by atoms with Crippen molar-refractivity contribution < 1.29 is 0 Å². The van der Waals surface area contributed by atoms with Gasteiger partial charge < -0.3 is 10.2 Å². The van der Waals surface area contributed by atoms with Crippen LogP contribution < -0.4 is 10.2 Å². The average molecular weight is 336 g/mol. The van der Waals surface area contributed by atoms with Gasteiger partial charge in [0.2, 0.25) is 5.95 Å². The van der Waals surface area contributed by atoms with Gasteiger partial charge in [-0.2, -0.15) is 4.98 Å². The molecular weight excluding hydrogens is 308 g/mol. The number of benzene rings is 1. The van der Waals surface area contributed by atoms with Crippen molar-refractivity contribution in [1.82, 2.24) is 9.97 Å². The second kappa shape index (κ2) is 7.03. The van der Waals surface area contributed by atoms with Crippen LogP contribution in [-0.2, 0) is 13.0 Å². The lowest BCUT2D eigenvalue weighted by Gasteiger charge is -2.31. The molecule has 1 N–H and O–H groups in total. The first-order valence-corrected chi connectivity index (χ1v) is 9.64. The Morgan fingerprint density at radius 2 is 1.76 bits per heavy atom. The van der Waals surface area contributed by atoms with E-state index in [1.165, 1.54) is 48.8 Å². The van der Waals surface area contributed by atoms with Gasteiger partial charge in [-0.25, -0.2) is 4.98 Å². The van der Waals surface area contributed by atoms with E-state index in [9.17, 15) is 0 Å². The molecule has 0 saturated heterocycles. The number of hydrogen-bond donors (Lipinski definition) is 1. The van der Waals surface area contributed by atoms with Crippen molar-refractivity contribution >= 4 is 11.8 Å². The van der Waals surface area contributed by atoms with Crippen LogP contribution in [0.25, 0.3) is 0 Å². The van der Waals surface area contributed by atoms with Crippen LogP contribution in [-0.4, -0.2) is 22.6 Å². The molecule has 4 heteroatoms. The molecule has 132 valence electrons. The monoisotopic (exact) mass is 336 g/mol. The molecule has 4 rings (SSSR count). The highest BCUT2D eigenvalue weighted by atomic mass is 15.2. The Hall–Kier alpha value is -2.10. The van der Waals surface area contributed by atoms with E-state index in [0.29, 0.717) is 6.04 Å². The normalized spacial score (nSPS) is 18.1. The Labute approximate surface area is 150 Å². The highest BCUT2D eigenvalue weighted by Gasteiger charge is 2.21. The van der Waals surface area contributed by atoms with Crippen molar-refractivity contribution in [2.75, 3.05) is 16.8 Å². The molecule has 2 aromatic rings. The minimum atomic E-state index is 0.533. The summed E-state index contributed by atoms with van der Waals surface area (Å²) >= 11 is 0. The lowest BCUT2D eigenvalue weighted by atomic mass is 9.96. The summed E-state index contributed by atoms with van der Waals surface area (Å²) in [6.45, 7) is 6.22. The minimum absolute atomic E-state index is 0.533. The van der Waals surface area contributed by atoms with Gasteiger partial charge in [-0.15, -0.1) is 0 Å². The third-order valence-corrected chi connectivity index (χ3v) is 5.73. The van der Waals surface area contributed by atoms with Crippen molar-refractivity contribution in [3.63, 3.8) is 0 Å². The molecular formula is C21H28N4. The number of anilines is 2. The fourth-order valence-electron chi connectivity index (χ4n) is 4.09. The van der Waals surface area contributed by atoms with E-state index in [-0.39, 0.29) is 0 Å². The molecule has 4 nitrogen and oxygen atoms in total. The largest absolute Gasteiger partial charge is 0.352 e. The smallest absolute Gasteiger partial charge is 0.225 e. The quantitative estimate of drug-likeness (QED) is 0.902. The molecule has 2 aliphatic rings. The molecule has 2 heterocycles. The first kappa shape index (κ1) is 16.4.